The van der Waals surface area contributed by atoms with E-state index in [-0.39, 0.29) is 24.4 Å². The number of carbonyl (C=O) groups is 3. The summed E-state index contributed by atoms with van der Waals surface area (Å²) in [7, 11) is 0. The highest BCUT2D eigenvalue weighted by Crippen LogP contribution is 2.35. The first-order chi connectivity index (χ1) is 10.0. The summed E-state index contributed by atoms with van der Waals surface area (Å²) in [6.45, 7) is 2.65. The zero-order valence-electron chi connectivity index (χ0n) is 12.6. The van der Waals surface area contributed by atoms with Gasteiger partial charge in [0, 0.05) is 12.6 Å². The maximum Gasteiger partial charge on any atom is 0.325 e. The fourth-order valence-corrected chi connectivity index (χ4v) is 3.83. The van der Waals surface area contributed by atoms with E-state index >= 15 is 0 Å². The van der Waals surface area contributed by atoms with Gasteiger partial charge in [-0.15, -0.1) is 0 Å². The van der Waals surface area contributed by atoms with Gasteiger partial charge in [0.05, 0.1) is 0 Å². The van der Waals surface area contributed by atoms with Crippen LogP contribution in [0.25, 0.3) is 0 Å². The standard InChI is InChI=1S/C15H23N3O3/c1-11-6-2-5-9-17(11)12(19)10-18-13(20)15(16-14(18)21)7-3-4-8-15/h11H,2-10H2,1H3,(H,16,21)/t11-/m0/s1. The average Bonchev–Trinajstić information content (AvgIpc) is 3.01. The lowest BCUT2D eigenvalue weighted by Gasteiger charge is -2.34. The highest BCUT2D eigenvalue weighted by atomic mass is 16.2. The smallest absolute Gasteiger partial charge is 0.325 e. The van der Waals surface area contributed by atoms with E-state index in [9.17, 15) is 14.4 Å². The highest BCUT2D eigenvalue weighted by molar-refractivity contribution is 6.09. The fraction of sp³-hybridized carbons (Fsp3) is 0.800. The molecule has 6 nitrogen and oxygen atoms in total. The Balaban J connectivity index is 1.68. The molecule has 0 radical (unpaired) electrons. The summed E-state index contributed by atoms with van der Waals surface area (Å²) in [6.07, 6.45) is 6.44. The van der Waals surface area contributed by atoms with Crippen molar-refractivity contribution in [3.05, 3.63) is 0 Å². The molecule has 21 heavy (non-hydrogen) atoms. The van der Waals surface area contributed by atoms with Crippen LogP contribution in [-0.2, 0) is 9.59 Å². The van der Waals surface area contributed by atoms with Gasteiger partial charge in [-0.2, -0.15) is 0 Å². The summed E-state index contributed by atoms with van der Waals surface area (Å²) in [5.74, 6) is -0.316. The van der Waals surface area contributed by atoms with Crippen molar-refractivity contribution in [2.24, 2.45) is 0 Å². The zero-order valence-corrected chi connectivity index (χ0v) is 12.6. The Bertz CT molecular complexity index is 471. The number of carbonyl (C=O) groups excluding carboxylic acids is 3. The van der Waals surface area contributed by atoms with E-state index in [1.807, 2.05) is 11.8 Å². The molecule has 3 aliphatic rings. The Morgan fingerprint density at radius 3 is 2.62 bits per heavy atom. The quantitative estimate of drug-likeness (QED) is 0.779. The third-order valence-electron chi connectivity index (χ3n) is 5.12. The minimum atomic E-state index is -0.717. The molecule has 116 valence electrons. The molecular formula is C15H23N3O3. The number of hydrogen-bond acceptors (Lipinski definition) is 3. The van der Waals surface area contributed by atoms with E-state index in [1.165, 1.54) is 0 Å². The highest BCUT2D eigenvalue weighted by Gasteiger charge is 2.52. The minimum Gasteiger partial charge on any atom is -0.338 e. The number of imide groups is 1. The first kappa shape index (κ1) is 14.4. The molecule has 1 N–H and O–H groups in total. The van der Waals surface area contributed by atoms with E-state index < -0.39 is 11.6 Å². The minimum absolute atomic E-state index is 0.110. The fourth-order valence-electron chi connectivity index (χ4n) is 3.83. The maximum absolute atomic E-state index is 12.5. The van der Waals surface area contributed by atoms with Crippen molar-refractivity contribution in [3.63, 3.8) is 0 Å². The Kier molecular flexibility index (Phi) is 3.63. The molecule has 1 atom stereocenters. The van der Waals surface area contributed by atoms with Crippen LogP contribution in [0.2, 0.25) is 0 Å². The average molecular weight is 293 g/mol. The molecule has 2 saturated heterocycles. The van der Waals surface area contributed by atoms with E-state index in [0.717, 1.165) is 43.5 Å². The van der Waals surface area contributed by atoms with Gasteiger partial charge in [0.1, 0.15) is 12.1 Å². The Hall–Kier alpha value is -1.59. The molecule has 0 aromatic heterocycles. The van der Waals surface area contributed by atoms with E-state index in [2.05, 4.69) is 5.32 Å². The lowest BCUT2D eigenvalue weighted by Crippen LogP contribution is -2.49. The van der Waals surface area contributed by atoms with Gasteiger partial charge in [0.2, 0.25) is 5.91 Å². The first-order valence-corrected chi connectivity index (χ1v) is 7.97. The second kappa shape index (κ2) is 5.31. The third-order valence-corrected chi connectivity index (χ3v) is 5.12. The molecule has 3 rings (SSSR count). The van der Waals surface area contributed by atoms with Gasteiger partial charge in [-0.3, -0.25) is 14.5 Å². The van der Waals surface area contributed by atoms with Gasteiger partial charge in [-0.05, 0) is 39.0 Å². The number of urea groups is 1. The molecule has 0 aromatic rings. The lowest BCUT2D eigenvalue weighted by molar-refractivity contribution is -0.140. The van der Waals surface area contributed by atoms with Gasteiger partial charge in [-0.1, -0.05) is 12.8 Å². The molecular weight excluding hydrogens is 270 g/mol. The van der Waals surface area contributed by atoms with Crippen LogP contribution in [0.3, 0.4) is 0 Å². The molecule has 6 heteroatoms. The van der Waals surface area contributed by atoms with Gasteiger partial charge in [0.25, 0.3) is 5.91 Å². The van der Waals surface area contributed by atoms with Crippen molar-refractivity contribution in [2.75, 3.05) is 13.1 Å². The van der Waals surface area contributed by atoms with Gasteiger partial charge >= 0.3 is 6.03 Å². The van der Waals surface area contributed by atoms with Crippen molar-refractivity contribution in [1.82, 2.24) is 15.1 Å². The van der Waals surface area contributed by atoms with Crippen LogP contribution in [0.1, 0.15) is 51.9 Å². The second-order valence-electron chi connectivity index (χ2n) is 6.54. The van der Waals surface area contributed by atoms with Crippen LogP contribution in [0.4, 0.5) is 4.79 Å². The molecule has 0 unspecified atom stereocenters. The van der Waals surface area contributed by atoms with Crippen molar-refractivity contribution < 1.29 is 14.4 Å². The number of rotatable bonds is 2. The number of nitrogens with zero attached hydrogens (tertiary/aromatic N) is 2. The van der Waals surface area contributed by atoms with Crippen molar-refractivity contribution in [2.45, 2.75) is 63.5 Å². The van der Waals surface area contributed by atoms with E-state index in [0.29, 0.717) is 12.8 Å². The van der Waals surface area contributed by atoms with E-state index in [4.69, 9.17) is 0 Å². The lowest BCUT2D eigenvalue weighted by atomic mass is 9.98. The van der Waals surface area contributed by atoms with Crippen LogP contribution in [0.5, 0.6) is 0 Å². The van der Waals surface area contributed by atoms with Crippen molar-refractivity contribution in [3.8, 4) is 0 Å². The largest absolute Gasteiger partial charge is 0.338 e. The van der Waals surface area contributed by atoms with Crippen LogP contribution in [0, 0.1) is 0 Å². The predicted molar refractivity (Wildman–Crippen MR) is 76.5 cm³/mol. The SMILES string of the molecule is C[C@H]1CCCCN1C(=O)CN1C(=O)NC2(CCCC2)C1=O. The van der Waals surface area contributed by atoms with Crippen LogP contribution in [-0.4, -0.2) is 52.3 Å². The monoisotopic (exact) mass is 293 g/mol. The first-order valence-electron chi connectivity index (χ1n) is 7.97. The zero-order chi connectivity index (χ0) is 15.0. The van der Waals surface area contributed by atoms with Crippen molar-refractivity contribution >= 4 is 17.8 Å². The Morgan fingerprint density at radius 2 is 1.95 bits per heavy atom. The molecule has 0 bridgehead atoms. The van der Waals surface area contributed by atoms with Crippen LogP contribution in [0.15, 0.2) is 0 Å². The molecule has 1 aliphatic carbocycles. The summed E-state index contributed by atoms with van der Waals surface area (Å²) in [5.41, 5.74) is -0.717. The molecule has 4 amide bonds. The number of piperidine rings is 1. The second-order valence-corrected chi connectivity index (χ2v) is 6.54. The third kappa shape index (κ3) is 2.40. The van der Waals surface area contributed by atoms with Crippen LogP contribution >= 0.6 is 0 Å². The number of hydrogen-bond donors (Lipinski definition) is 1. The van der Waals surface area contributed by atoms with Gasteiger partial charge in [0.15, 0.2) is 0 Å². The summed E-state index contributed by atoms with van der Waals surface area (Å²) >= 11 is 0. The Morgan fingerprint density at radius 1 is 1.24 bits per heavy atom. The predicted octanol–water partition coefficient (Wildman–Crippen LogP) is 1.25. The molecule has 3 fully saturated rings. The van der Waals surface area contributed by atoms with Gasteiger partial charge < -0.3 is 10.2 Å². The molecule has 1 spiro atoms. The van der Waals surface area contributed by atoms with Gasteiger partial charge in [-0.25, -0.2) is 4.79 Å². The summed E-state index contributed by atoms with van der Waals surface area (Å²) < 4.78 is 0. The molecule has 0 aromatic carbocycles. The molecule has 2 heterocycles. The molecule has 1 saturated carbocycles. The van der Waals surface area contributed by atoms with Crippen LogP contribution < -0.4 is 5.32 Å². The maximum atomic E-state index is 12.5. The summed E-state index contributed by atoms with van der Waals surface area (Å²) in [5, 5.41) is 2.82. The Labute approximate surface area is 124 Å². The number of likely N-dealkylation sites (tertiary alicyclic amines) is 1. The summed E-state index contributed by atoms with van der Waals surface area (Å²) in [6, 6.07) is -0.202. The number of nitrogens with one attached hydrogen (secondary N) is 1. The normalized spacial score (nSPS) is 28.3. The van der Waals surface area contributed by atoms with E-state index in [1.54, 1.807) is 0 Å². The van der Waals surface area contributed by atoms with Crippen molar-refractivity contribution in [1.29, 1.82) is 0 Å². The topological polar surface area (TPSA) is 69.7 Å². The number of amides is 4. The molecule has 2 aliphatic heterocycles. The summed E-state index contributed by atoms with van der Waals surface area (Å²) in [4.78, 5) is 39.9.